The maximum absolute atomic E-state index is 13.1. The second-order valence-electron chi connectivity index (χ2n) is 7.73. The number of aliphatic hydroxyl groups excluding tert-OH is 2. The fourth-order valence-electron chi connectivity index (χ4n) is 3.42. The Labute approximate surface area is 197 Å². The highest BCUT2D eigenvalue weighted by atomic mass is 19.4. The van der Waals surface area contributed by atoms with E-state index in [1.807, 2.05) is 0 Å². The zero-order chi connectivity index (χ0) is 28.3. The lowest BCUT2D eigenvalue weighted by molar-refractivity contribution is -0.151. The van der Waals surface area contributed by atoms with E-state index in [0.29, 0.717) is 0 Å². The molecule has 0 radical (unpaired) electrons. The van der Waals surface area contributed by atoms with Crippen LogP contribution in [0.5, 0.6) is 0 Å². The van der Waals surface area contributed by atoms with Gasteiger partial charge in [-0.25, -0.2) is 15.0 Å². The number of hydrogen-bond acceptors (Lipinski definition) is 6. The molecular formula is C19H12F12N4O2. The highest BCUT2D eigenvalue weighted by Gasteiger charge is 2.45. The van der Waals surface area contributed by atoms with E-state index in [9.17, 15) is 62.9 Å². The van der Waals surface area contributed by atoms with Crippen molar-refractivity contribution in [2.24, 2.45) is 11.0 Å². The number of hydrogen-bond donors (Lipinski definition) is 2. The van der Waals surface area contributed by atoms with Gasteiger partial charge in [-0.1, -0.05) is 0 Å². The molecule has 3 unspecified atom stereocenters. The van der Waals surface area contributed by atoms with Crippen LogP contribution in [0.3, 0.4) is 0 Å². The zero-order valence-corrected chi connectivity index (χ0v) is 17.8. The fourth-order valence-corrected chi connectivity index (χ4v) is 3.42. The standard InChI is InChI=1S/C19H12F12N4O2/c1-6-13(14(36)7-2-9(16(20,21)22)32-10(3-7)17(23,24)25)15(37)35(34-6)8-4-11(18(26,27)28)33-12(5-8)19(29,30)31/h2-5,13-15,36-37H,1H3. The number of nitrogens with zero attached hydrogens (tertiary/aromatic N) is 4. The lowest BCUT2D eigenvalue weighted by Crippen LogP contribution is -2.37. The van der Waals surface area contributed by atoms with E-state index in [2.05, 4.69) is 15.1 Å². The first kappa shape index (κ1) is 28.4. The molecule has 0 amide bonds. The second-order valence-corrected chi connectivity index (χ2v) is 7.73. The van der Waals surface area contributed by atoms with E-state index in [1.165, 1.54) is 0 Å². The molecule has 0 saturated carbocycles. The summed E-state index contributed by atoms with van der Waals surface area (Å²) in [7, 11) is 0. The summed E-state index contributed by atoms with van der Waals surface area (Å²) < 4.78 is 157. The highest BCUT2D eigenvalue weighted by Crippen LogP contribution is 2.41. The number of aromatic nitrogens is 2. The van der Waals surface area contributed by atoms with E-state index < -0.39 is 82.7 Å². The van der Waals surface area contributed by atoms with E-state index in [-0.39, 0.29) is 29.3 Å². The first-order valence-electron chi connectivity index (χ1n) is 9.64. The van der Waals surface area contributed by atoms with Gasteiger partial charge < -0.3 is 10.2 Å². The normalized spacial score (nSPS) is 20.3. The van der Waals surface area contributed by atoms with Crippen molar-refractivity contribution in [3.63, 3.8) is 0 Å². The largest absolute Gasteiger partial charge is 0.433 e. The molecule has 2 aromatic rings. The molecular weight excluding hydrogens is 544 g/mol. The van der Waals surface area contributed by atoms with E-state index in [4.69, 9.17) is 0 Å². The third kappa shape index (κ3) is 5.89. The van der Waals surface area contributed by atoms with Gasteiger partial charge in [-0.05, 0) is 36.8 Å². The number of halogens is 12. The average molecular weight is 556 g/mol. The number of alkyl halides is 12. The Balaban J connectivity index is 2.07. The third-order valence-corrected chi connectivity index (χ3v) is 5.09. The molecule has 18 heteroatoms. The van der Waals surface area contributed by atoms with Crippen LogP contribution in [-0.2, 0) is 24.7 Å². The molecule has 0 aliphatic carbocycles. The van der Waals surface area contributed by atoms with Gasteiger partial charge in [-0.15, -0.1) is 0 Å². The summed E-state index contributed by atoms with van der Waals surface area (Å²) in [5.41, 5.74) is -10.6. The molecule has 0 bridgehead atoms. The number of anilines is 1. The SMILES string of the molecule is CC1=NN(c2cc(C(F)(F)F)nc(C(F)(F)F)c2)C(O)C1C(O)c1cc(C(F)(F)F)nc(C(F)(F)F)c1. The second kappa shape index (κ2) is 9.00. The van der Waals surface area contributed by atoms with Crippen LogP contribution in [0.25, 0.3) is 0 Å². The van der Waals surface area contributed by atoms with E-state index >= 15 is 0 Å². The van der Waals surface area contributed by atoms with Gasteiger partial charge in [0.05, 0.1) is 17.7 Å². The molecule has 6 nitrogen and oxygen atoms in total. The van der Waals surface area contributed by atoms with Crippen molar-refractivity contribution in [2.45, 2.75) is 44.0 Å². The van der Waals surface area contributed by atoms with Crippen LogP contribution in [0, 0.1) is 5.92 Å². The van der Waals surface area contributed by atoms with Crippen LogP contribution in [0.1, 0.15) is 41.4 Å². The molecule has 3 atom stereocenters. The minimum atomic E-state index is -5.39. The smallest absolute Gasteiger partial charge is 0.388 e. The molecule has 2 aromatic heterocycles. The van der Waals surface area contributed by atoms with Crippen LogP contribution < -0.4 is 5.01 Å². The van der Waals surface area contributed by atoms with Gasteiger partial charge in [-0.2, -0.15) is 57.8 Å². The Morgan fingerprint density at radius 1 is 0.703 bits per heavy atom. The van der Waals surface area contributed by atoms with Gasteiger partial charge in [-0.3, -0.25) is 0 Å². The van der Waals surface area contributed by atoms with Crippen LogP contribution >= 0.6 is 0 Å². The summed E-state index contributed by atoms with van der Waals surface area (Å²) in [6.45, 7) is 0.990. The minimum Gasteiger partial charge on any atom is -0.388 e. The van der Waals surface area contributed by atoms with Crippen molar-refractivity contribution < 1.29 is 62.9 Å². The van der Waals surface area contributed by atoms with Gasteiger partial charge in [0.25, 0.3) is 0 Å². The van der Waals surface area contributed by atoms with Crippen LogP contribution in [-0.4, -0.2) is 32.1 Å². The van der Waals surface area contributed by atoms with E-state index in [0.717, 1.165) is 6.92 Å². The van der Waals surface area contributed by atoms with Crippen molar-refractivity contribution >= 4 is 11.4 Å². The summed E-state index contributed by atoms with van der Waals surface area (Å²) in [4.78, 5) is 4.95. The lowest BCUT2D eigenvalue weighted by Gasteiger charge is -2.27. The summed E-state index contributed by atoms with van der Waals surface area (Å²) in [5, 5.41) is 24.9. The first-order valence-corrected chi connectivity index (χ1v) is 9.64. The minimum absolute atomic E-state index is 0.0541. The average Bonchev–Trinajstić information content (AvgIpc) is 3.04. The zero-order valence-electron chi connectivity index (χ0n) is 17.8. The molecule has 1 aliphatic heterocycles. The third-order valence-electron chi connectivity index (χ3n) is 5.09. The molecule has 1 aliphatic rings. The van der Waals surface area contributed by atoms with Crippen LogP contribution in [0.4, 0.5) is 58.4 Å². The van der Waals surface area contributed by atoms with E-state index in [1.54, 1.807) is 0 Å². The van der Waals surface area contributed by atoms with Crippen molar-refractivity contribution in [1.82, 2.24) is 9.97 Å². The summed E-state index contributed by atoms with van der Waals surface area (Å²) >= 11 is 0. The molecule has 0 spiro atoms. The molecule has 0 aromatic carbocycles. The van der Waals surface area contributed by atoms with Gasteiger partial charge in [0.15, 0.2) is 6.23 Å². The predicted octanol–water partition coefficient (Wildman–Crippen LogP) is 5.42. The number of rotatable bonds is 3. The summed E-state index contributed by atoms with van der Waals surface area (Å²) in [5.74, 6) is -1.87. The lowest BCUT2D eigenvalue weighted by atomic mass is 9.90. The van der Waals surface area contributed by atoms with Crippen LogP contribution in [0.15, 0.2) is 29.4 Å². The first-order chi connectivity index (χ1) is 16.6. The van der Waals surface area contributed by atoms with Crippen molar-refractivity contribution in [1.29, 1.82) is 0 Å². The quantitative estimate of drug-likeness (QED) is 0.494. The molecule has 0 fully saturated rings. The number of aliphatic hydroxyl groups is 2. The topological polar surface area (TPSA) is 81.8 Å². The Morgan fingerprint density at radius 2 is 1.05 bits per heavy atom. The van der Waals surface area contributed by atoms with Gasteiger partial charge in [0.1, 0.15) is 22.8 Å². The molecule has 3 rings (SSSR count). The summed E-state index contributed by atoms with van der Waals surface area (Å²) in [6, 6.07) is 0.275. The van der Waals surface area contributed by atoms with Crippen molar-refractivity contribution in [3.8, 4) is 0 Å². The fraction of sp³-hybridized carbons (Fsp3) is 0.421. The molecule has 2 N–H and O–H groups in total. The van der Waals surface area contributed by atoms with Crippen molar-refractivity contribution in [2.75, 3.05) is 5.01 Å². The number of hydrazone groups is 1. The number of pyridine rings is 2. The Bertz CT molecular complexity index is 1140. The molecule has 37 heavy (non-hydrogen) atoms. The van der Waals surface area contributed by atoms with Gasteiger partial charge in [0.2, 0.25) is 0 Å². The molecule has 0 saturated heterocycles. The Kier molecular flexibility index (Phi) is 6.91. The monoisotopic (exact) mass is 556 g/mol. The maximum atomic E-state index is 13.1. The van der Waals surface area contributed by atoms with Gasteiger partial charge in [0, 0.05) is 5.71 Å². The van der Waals surface area contributed by atoms with Gasteiger partial charge >= 0.3 is 24.7 Å². The predicted molar refractivity (Wildman–Crippen MR) is 98.5 cm³/mol. The Hall–Kier alpha value is -3.15. The maximum Gasteiger partial charge on any atom is 0.433 e. The highest BCUT2D eigenvalue weighted by molar-refractivity contribution is 5.89. The van der Waals surface area contributed by atoms with Crippen LogP contribution in [0.2, 0.25) is 0 Å². The molecule has 204 valence electrons. The molecule has 3 heterocycles. The Morgan fingerprint density at radius 3 is 1.41 bits per heavy atom. The van der Waals surface area contributed by atoms with Crippen molar-refractivity contribution in [3.05, 3.63) is 52.6 Å². The summed E-state index contributed by atoms with van der Waals surface area (Å²) in [6.07, 6.45) is -26.2.